The van der Waals surface area contributed by atoms with Gasteiger partial charge < -0.3 is 10.4 Å². The van der Waals surface area contributed by atoms with Crippen LogP contribution in [0, 0.1) is 5.41 Å². The predicted octanol–water partition coefficient (Wildman–Crippen LogP) is 0.366. The van der Waals surface area contributed by atoms with E-state index >= 15 is 0 Å². The zero-order chi connectivity index (χ0) is 11.6. The van der Waals surface area contributed by atoms with E-state index in [1.807, 2.05) is 0 Å². The molecule has 0 aromatic carbocycles. The second-order valence-corrected chi connectivity index (χ2v) is 4.66. The molecule has 1 aromatic heterocycles. The molecule has 0 saturated heterocycles. The van der Waals surface area contributed by atoms with Gasteiger partial charge in [-0.3, -0.25) is 4.68 Å². The molecule has 88 valence electrons. The van der Waals surface area contributed by atoms with Crippen LogP contribution in [0.15, 0.2) is 6.20 Å². The molecule has 2 N–H and O–H groups in total. The number of carboxylic acid groups (broad SMARTS) is 1. The van der Waals surface area contributed by atoms with Crippen LogP contribution in [-0.2, 0) is 6.54 Å². The molecule has 6 nitrogen and oxygen atoms in total. The zero-order valence-electron chi connectivity index (χ0n) is 9.31. The van der Waals surface area contributed by atoms with Crippen molar-refractivity contribution >= 4 is 5.97 Å². The standard InChI is InChI=1S/C10H16N4O2/c1-10(2-3-10)7-11-4-5-14-6-8(9(15)16)12-13-14/h6,11H,2-5,7H2,1H3,(H,15,16). The van der Waals surface area contributed by atoms with Crippen molar-refractivity contribution in [3.05, 3.63) is 11.9 Å². The van der Waals surface area contributed by atoms with Gasteiger partial charge in [-0.2, -0.15) is 0 Å². The molecular weight excluding hydrogens is 208 g/mol. The molecule has 0 spiro atoms. The first-order valence-corrected chi connectivity index (χ1v) is 5.43. The Hall–Kier alpha value is -1.43. The van der Waals surface area contributed by atoms with Crippen molar-refractivity contribution in [3.63, 3.8) is 0 Å². The first-order chi connectivity index (χ1) is 7.59. The van der Waals surface area contributed by atoms with Crippen LogP contribution in [0.1, 0.15) is 30.3 Å². The Morgan fingerprint density at radius 3 is 3.00 bits per heavy atom. The summed E-state index contributed by atoms with van der Waals surface area (Å²) < 4.78 is 1.55. The molecule has 2 rings (SSSR count). The summed E-state index contributed by atoms with van der Waals surface area (Å²) >= 11 is 0. The van der Waals surface area contributed by atoms with Crippen LogP contribution in [-0.4, -0.2) is 39.2 Å². The molecule has 1 saturated carbocycles. The molecule has 0 atom stereocenters. The summed E-state index contributed by atoms with van der Waals surface area (Å²) in [7, 11) is 0. The van der Waals surface area contributed by atoms with E-state index < -0.39 is 5.97 Å². The second kappa shape index (κ2) is 4.21. The number of rotatable bonds is 6. The van der Waals surface area contributed by atoms with E-state index in [9.17, 15) is 4.79 Å². The van der Waals surface area contributed by atoms with Crippen LogP contribution in [0.3, 0.4) is 0 Å². The largest absolute Gasteiger partial charge is 0.476 e. The third kappa shape index (κ3) is 2.79. The smallest absolute Gasteiger partial charge is 0.358 e. The first kappa shape index (κ1) is 11.1. The summed E-state index contributed by atoms with van der Waals surface area (Å²) in [5, 5.41) is 19.3. The number of hydrogen-bond donors (Lipinski definition) is 2. The number of nitrogens with zero attached hydrogens (tertiary/aromatic N) is 3. The Morgan fingerprint density at radius 1 is 1.69 bits per heavy atom. The van der Waals surface area contributed by atoms with Gasteiger partial charge in [0.1, 0.15) is 0 Å². The van der Waals surface area contributed by atoms with Crippen LogP contribution < -0.4 is 5.32 Å². The van der Waals surface area contributed by atoms with Crippen LogP contribution in [0.4, 0.5) is 0 Å². The average Bonchev–Trinajstić information content (AvgIpc) is 2.80. The van der Waals surface area contributed by atoms with E-state index in [0.717, 1.165) is 13.1 Å². The third-order valence-corrected chi connectivity index (χ3v) is 2.93. The maximum atomic E-state index is 10.6. The fourth-order valence-corrected chi connectivity index (χ4v) is 1.48. The SMILES string of the molecule is CC1(CNCCn2cc(C(=O)O)nn2)CC1. The lowest BCUT2D eigenvalue weighted by Gasteiger charge is -2.09. The van der Waals surface area contributed by atoms with E-state index in [0.29, 0.717) is 12.0 Å². The monoisotopic (exact) mass is 224 g/mol. The van der Waals surface area contributed by atoms with Gasteiger partial charge in [-0.1, -0.05) is 12.1 Å². The predicted molar refractivity (Wildman–Crippen MR) is 57.2 cm³/mol. The van der Waals surface area contributed by atoms with Gasteiger partial charge in [0.15, 0.2) is 5.69 Å². The lowest BCUT2D eigenvalue weighted by Crippen LogP contribution is -2.26. The highest BCUT2D eigenvalue weighted by Gasteiger charge is 2.36. The molecule has 1 fully saturated rings. The van der Waals surface area contributed by atoms with Gasteiger partial charge >= 0.3 is 5.97 Å². The highest BCUT2D eigenvalue weighted by molar-refractivity contribution is 5.84. The number of nitrogens with one attached hydrogen (secondary N) is 1. The number of hydrogen-bond acceptors (Lipinski definition) is 4. The van der Waals surface area contributed by atoms with E-state index in [-0.39, 0.29) is 5.69 Å². The second-order valence-electron chi connectivity index (χ2n) is 4.66. The zero-order valence-corrected chi connectivity index (χ0v) is 9.31. The molecule has 0 unspecified atom stereocenters. The number of aromatic nitrogens is 3. The highest BCUT2D eigenvalue weighted by Crippen LogP contribution is 2.43. The molecule has 1 heterocycles. The fraction of sp³-hybridized carbons (Fsp3) is 0.700. The first-order valence-electron chi connectivity index (χ1n) is 5.43. The van der Waals surface area contributed by atoms with Crippen LogP contribution >= 0.6 is 0 Å². The molecule has 0 amide bonds. The minimum Gasteiger partial charge on any atom is -0.476 e. The van der Waals surface area contributed by atoms with E-state index in [4.69, 9.17) is 5.11 Å². The lowest BCUT2D eigenvalue weighted by atomic mass is 10.1. The number of aromatic carboxylic acids is 1. The molecule has 0 radical (unpaired) electrons. The summed E-state index contributed by atoms with van der Waals surface area (Å²) in [5.41, 5.74) is 0.489. The van der Waals surface area contributed by atoms with Crippen molar-refractivity contribution in [3.8, 4) is 0 Å². The lowest BCUT2D eigenvalue weighted by molar-refractivity contribution is 0.0690. The van der Waals surface area contributed by atoms with E-state index in [2.05, 4.69) is 22.6 Å². The Labute approximate surface area is 93.6 Å². The number of carboxylic acids is 1. The van der Waals surface area contributed by atoms with Gasteiger partial charge in [-0.15, -0.1) is 5.10 Å². The summed E-state index contributed by atoms with van der Waals surface area (Å²) in [6, 6.07) is 0. The molecule has 0 aliphatic heterocycles. The van der Waals surface area contributed by atoms with Gasteiger partial charge in [0, 0.05) is 13.1 Å². The Kier molecular flexibility index (Phi) is 2.91. The summed E-state index contributed by atoms with van der Waals surface area (Å²) in [4.78, 5) is 10.6. The molecule has 0 bridgehead atoms. The topological polar surface area (TPSA) is 80.0 Å². The maximum Gasteiger partial charge on any atom is 0.358 e. The minimum atomic E-state index is -1.04. The van der Waals surface area contributed by atoms with Crippen LogP contribution in [0.5, 0.6) is 0 Å². The third-order valence-electron chi connectivity index (χ3n) is 2.93. The molecule has 16 heavy (non-hydrogen) atoms. The summed E-state index contributed by atoms with van der Waals surface area (Å²) in [6.07, 6.45) is 4.04. The van der Waals surface area contributed by atoms with Gasteiger partial charge in [0.25, 0.3) is 0 Å². The highest BCUT2D eigenvalue weighted by atomic mass is 16.4. The number of carbonyl (C=O) groups is 1. The minimum absolute atomic E-state index is 0.00541. The molecule has 1 aliphatic carbocycles. The quantitative estimate of drug-likeness (QED) is 0.682. The van der Waals surface area contributed by atoms with Crippen molar-refractivity contribution in [2.24, 2.45) is 5.41 Å². The van der Waals surface area contributed by atoms with Gasteiger partial charge in [0.2, 0.25) is 0 Å². The van der Waals surface area contributed by atoms with Gasteiger partial charge in [-0.25, -0.2) is 4.79 Å². The molecule has 1 aliphatic rings. The average molecular weight is 224 g/mol. The Morgan fingerprint density at radius 2 is 2.44 bits per heavy atom. The molecular formula is C10H16N4O2. The van der Waals surface area contributed by atoms with Crippen molar-refractivity contribution in [2.45, 2.75) is 26.3 Å². The fourth-order valence-electron chi connectivity index (χ4n) is 1.48. The normalized spacial score (nSPS) is 17.3. The van der Waals surface area contributed by atoms with Crippen LogP contribution in [0.2, 0.25) is 0 Å². The van der Waals surface area contributed by atoms with Gasteiger partial charge in [0.05, 0.1) is 12.7 Å². The summed E-state index contributed by atoms with van der Waals surface area (Å²) in [6.45, 7) is 4.72. The van der Waals surface area contributed by atoms with Crippen molar-refractivity contribution < 1.29 is 9.90 Å². The van der Waals surface area contributed by atoms with Crippen LogP contribution in [0.25, 0.3) is 0 Å². The maximum absolute atomic E-state index is 10.6. The Balaban J connectivity index is 1.70. The molecule has 1 aromatic rings. The van der Waals surface area contributed by atoms with Crippen molar-refractivity contribution in [1.82, 2.24) is 20.3 Å². The Bertz CT molecular complexity index is 384. The van der Waals surface area contributed by atoms with E-state index in [1.54, 1.807) is 4.68 Å². The van der Waals surface area contributed by atoms with Crippen molar-refractivity contribution in [1.29, 1.82) is 0 Å². The van der Waals surface area contributed by atoms with Gasteiger partial charge in [-0.05, 0) is 18.3 Å². The summed E-state index contributed by atoms with van der Waals surface area (Å²) in [5.74, 6) is -1.04. The van der Waals surface area contributed by atoms with E-state index in [1.165, 1.54) is 19.0 Å². The molecule has 6 heteroatoms. The van der Waals surface area contributed by atoms with Crippen molar-refractivity contribution in [2.75, 3.05) is 13.1 Å².